The maximum absolute atomic E-state index is 13.4. The van der Waals surface area contributed by atoms with Gasteiger partial charge >= 0.3 is 0 Å². The van der Waals surface area contributed by atoms with E-state index in [4.69, 9.17) is 0 Å². The lowest BCUT2D eigenvalue weighted by atomic mass is 10.1. The first-order valence-electron chi connectivity index (χ1n) is 10.1. The molecule has 166 valence electrons. The maximum Gasteiger partial charge on any atom is 0.255 e. The van der Waals surface area contributed by atoms with Gasteiger partial charge in [0.1, 0.15) is 17.5 Å². The summed E-state index contributed by atoms with van der Waals surface area (Å²) in [5, 5.41) is 10.1. The van der Waals surface area contributed by atoms with Crippen molar-refractivity contribution in [3.8, 4) is 16.8 Å². The van der Waals surface area contributed by atoms with Crippen LogP contribution in [-0.2, 0) is 4.79 Å². The van der Waals surface area contributed by atoms with Gasteiger partial charge in [0.2, 0.25) is 5.91 Å². The van der Waals surface area contributed by atoms with Crippen LogP contribution in [-0.4, -0.2) is 21.6 Å². The third-order valence-corrected chi connectivity index (χ3v) is 4.96. The van der Waals surface area contributed by atoms with E-state index in [1.165, 1.54) is 43.3 Å². The van der Waals surface area contributed by atoms with E-state index in [1.54, 1.807) is 48.0 Å². The summed E-state index contributed by atoms with van der Waals surface area (Å²) in [4.78, 5) is 24.4. The number of halogens is 2. The molecule has 8 heteroatoms. The summed E-state index contributed by atoms with van der Waals surface area (Å²) in [7, 11) is 0. The molecule has 4 aromatic rings. The Bertz CT molecular complexity index is 1310. The van der Waals surface area contributed by atoms with Gasteiger partial charge < -0.3 is 10.6 Å². The van der Waals surface area contributed by atoms with Gasteiger partial charge in [-0.05, 0) is 73.2 Å². The largest absolute Gasteiger partial charge is 0.322 e. The second-order valence-corrected chi connectivity index (χ2v) is 7.42. The second kappa shape index (κ2) is 9.04. The zero-order chi connectivity index (χ0) is 23.5. The van der Waals surface area contributed by atoms with Gasteiger partial charge in [-0.15, -0.1) is 0 Å². The Kier molecular flexibility index (Phi) is 5.99. The zero-order valence-electron chi connectivity index (χ0n) is 17.9. The van der Waals surface area contributed by atoms with Gasteiger partial charge in [0.15, 0.2) is 0 Å². The quantitative estimate of drug-likeness (QED) is 0.435. The van der Waals surface area contributed by atoms with Crippen LogP contribution in [0.3, 0.4) is 0 Å². The van der Waals surface area contributed by atoms with Crippen molar-refractivity contribution in [2.24, 2.45) is 0 Å². The first kappa shape index (κ1) is 21.9. The highest BCUT2D eigenvalue weighted by Crippen LogP contribution is 2.33. The standard InChI is InChI=1S/C25H20F2N4O2/c1-15-23(17-3-7-19(26)8-4-17)24(28-16(2)32)31(30-15)22-13-5-18(6-14-22)25(33)29-21-11-9-20(27)10-12-21/h3-14H,1-2H3,(H,28,32)(H,29,33). The van der Waals surface area contributed by atoms with E-state index in [0.29, 0.717) is 39.6 Å². The molecule has 0 aliphatic heterocycles. The first-order chi connectivity index (χ1) is 15.8. The summed E-state index contributed by atoms with van der Waals surface area (Å²) in [6, 6.07) is 18.1. The molecule has 0 atom stereocenters. The van der Waals surface area contributed by atoms with Crippen LogP contribution in [0.25, 0.3) is 16.8 Å². The van der Waals surface area contributed by atoms with Crippen molar-refractivity contribution in [2.45, 2.75) is 13.8 Å². The second-order valence-electron chi connectivity index (χ2n) is 7.42. The molecule has 0 aliphatic carbocycles. The molecule has 2 N–H and O–H groups in total. The van der Waals surface area contributed by atoms with E-state index in [2.05, 4.69) is 15.7 Å². The molecule has 1 heterocycles. The third kappa shape index (κ3) is 4.79. The summed E-state index contributed by atoms with van der Waals surface area (Å²) in [5.41, 5.74) is 3.51. The van der Waals surface area contributed by atoms with Gasteiger partial charge in [0, 0.05) is 23.7 Å². The number of hydrogen-bond acceptors (Lipinski definition) is 3. The van der Waals surface area contributed by atoms with Gasteiger partial charge in [0.25, 0.3) is 5.91 Å². The maximum atomic E-state index is 13.4. The topological polar surface area (TPSA) is 76.0 Å². The van der Waals surface area contributed by atoms with Gasteiger partial charge in [-0.3, -0.25) is 9.59 Å². The lowest BCUT2D eigenvalue weighted by molar-refractivity contribution is -0.114. The molecule has 2 amide bonds. The average Bonchev–Trinajstić information content (AvgIpc) is 3.11. The molecule has 0 radical (unpaired) electrons. The Morgan fingerprint density at radius 3 is 1.97 bits per heavy atom. The van der Waals surface area contributed by atoms with E-state index < -0.39 is 0 Å². The molecule has 0 bridgehead atoms. The Morgan fingerprint density at radius 1 is 0.818 bits per heavy atom. The van der Waals surface area contributed by atoms with Crippen molar-refractivity contribution >= 4 is 23.3 Å². The van der Waals surface area contributed by atoms with E-state index >= 15 is 0 Å². The van der Waals surface area contributed by atoms with Crippen LogP contribution in [0.5, 0.6) is 0 Å². The number of nitrogens with zero attached hydrogens (tertiary/aromatic N) is 2. The van der Waals surface area contributed by atoms with Crippen molar-refractivity contribution in [1.82, 2.24) is 9.78 Å². The Labute approximate surface area is 188 Å². The fourth-order valence-electron chi connectivity index (χ4n) is 3.45. The first-order valence-corrected chi connectivity index (χ1v) is 10.1. The van der Waals surface area contributed by atoms with E-state index in [0.717, 1.165) is 0 Å². The average molecular weight is 446 g/mol. The van der Waals surface area contributed by atoms with Crippen LogP contribution in [0.15, 0.2) is 72.8 Å². The monoisotopic (exact) mass is 446 g/mol. The molecule has 0 fully saturated rings. The zero-order valence-corrected chi connectivity index (χ0v) is 17.9. The van der Waals surface area contributed by atoms with Crippen molar-refractivity contribution in [1.29, 1.82) is 0 Å². The number of anilines is 2. The van der Waals surface area contributed by atoms with E-state index in [-0.39, 0.29) is 23.4 Å². The molecule has 0 saturated carbocycles. The molecule has 1 aromatic heterocycles. The summed E-state index contributed by atoms with van der Waals surface area (Å²) in [5.74, 6) is -0.940. The SMILES string of the molecule is CC(=O)Nc1c(-c2ccc(F)cc2)c(C)nn1-c1ccc(C(=O)Nc2ccc(F)cc2)cc1. The highest BCUT2D eigenvalue weighted by atomic mass is 19.1. The molecule has 0 spiro atoms. The van der Waals surface area contributed by atoms with E-state index in [1.807, 2.05) is 0 Å². The molecule has 33 heavy (non-hydrogen) atoms. The molecule has 0 aliphatic rings. The lowest BCUT2D eigenvalue weighted by Crippen LogP contribution is -2.13. The van der Waals surface area contributed by atoms with Crippen molar-refractivity contribution < 1.29 is 18.4 Å². The number of carbonyl (C=O) groups excluding carboxylic acids is 2. The number of amides is 2. The number of aryl methyl sites for hydroxylation is 1. The fourth-order valence-corrected chi connectivity index (χ4v) is 3.45. The Balaban J connectivity index is 1.66. The molecule has 4 rings (SSSR count). The number of rotatable bonds is 5. The minimum Gasteiger partial charge on any atom is -0.322 e. The van der Waals surface area contributed by atoms with Crippen LogP contribution in [0.2, 0.25) is 0 Å². The normalized spacial score (nSPS) is 10.7. The van der Waals surface area contributed by atoms with Crippen molar-refractivity contribution in [3.63, 3.8) is 0 Å². The van der Waals surface area contributed by atoms with Crippen LogP contribution in [0.4, 0.5) is 20.3 Å². The van der Waals surface area contributed by atoms with Crippen LogP contribution >= 0.6 is 0 Å². The third-order valence-electron chi connectivity index (χ3n) is 4.96. The van der Waals surface area contributed by atoms with Crippen LogP contribution < -0.4 is 10.6 Å². The molecule has 0 unspecified atom stereocenters. The number of carbonyl (C=O) groups is 2. The summed E-state index contributed by atoms with van der Waals surface area (Å²) >= 11 is 0. The molecule has 3 aromatic carbocycles. The molecular formula is C25H20F2N4O2. The Morgan fingerprint density at radius 2 is 1.39 bits per heavy atom. The highest BCUT2D eigenvalue weighted by molar-refractivity contribution is 6.04. The summed E-state index contributed by atoms with van der Waals surface area (Å²) < 4.78 is 28.0. The molecule has 0 saturated heterocycles. The predicted octanol–water partition coefficient (Wildman–Crippen LogP) is 5.34. The van der Waals surface area contributed by atoms with Crippen molar-refractivity contribution in [3.05, 3.63) is 95.7 Å². The predicted molar refractivity (Wildman–Crippen MR) is 122 cm³/mol. The van der Waals surface area contributed by atoms with Gasteiger partial charge in [-0.1, -0.05) is 12.1 Å². The number of aromatic nitrogens is 2. The molecular weight excluding hydrogens is 426 g/mol. The summed E-state index contributed by atoms with van der Waals surface area (Å²) in [6.45, 7) is 3.19. The number of hydrogen-bond donors (Lipinski definition) is 2. The molecule has 6 nitrogen and oxygen atoms in total. The van der Waals surface area contributed by atoms with Crippen molar-refractivity contribution in [2.75, 3.05) is 10.6 Å². The number of benzene rings is 3. The highest BCUT2D eigenvalue weighted by Gasteiger charge is 2.19. The number of nitrogens with one attached hydrogen (secondary N) is 2. The van der Waals surface area contributed by atoms with Crippen LogP contribution in [0, 0.1) is 18.6 Å². The minimum atomic E-state index is -0.387. The van der Waals surface area contributed by atoms with Gasteiger partial charge in [-0.2, -0.15) is 5.10 Å². The van der Waals surface area contributed by atoms with Gasteiger partial charge in [-0.25, -0.2) is 13.5 Å². The smallest absolute Gasteiger partial charge is 0.255 e. The van der Waals surface area contributed by atoms with E-state index in [9.17, 15) is 18.4 Å². The lowest BCUT2D eigenvalue weighted by Gasteiger charge is -2.11. The summed E-state index contributed by atoms with van der Waals surface area (Å²) in [6.07, 6.45) is 0. The Hall–Kier alpha value is -4.33. The van der Waals surface area contributed by atoms with Crippen LogP contribution in [0.1, 0.15) is 23.0 Å². The van der Waals surface area contributed by atoms with Gasteiger partial charge in [0.05, 0.1) is 11.4 Å². The fraction of sp³-hybridized carbons (Fsp3) is 0.0800. The minimum absolute atomic E-state index is 0.283.